The van der Waals surface area contributed by atoms with Gasteiger partial charge in [-0.1, -0.05) is 30.0 Å². The first-order valence-corrected chi connectivity index (χ1v) is 10.6. The molecule has 3 N–H and O–H groups in total. The highest BCUT2D eigenvalue weighted by Crippen LogP contribution is 2.21. The number of fused-ring (bicyclic) bond motifs is 1. The number of rotatable bonds is 9. The molecule has 8 heteroatoms. The van der Waals surface area contributed by atoms with Crippen LogP contribution in [0.5, 0.6) is 0 Å². The van der Waals surface area contributed by atoms with Crippen molar-refractivity contribution in [3.8, 4) is 0 Å². The molecule has 3 aromatic rings. The number of nitrogens with zero attached hydrogens (tertiary/aromatic N) is 1. The highest BCUT2D eigenvalue weighted by molar-refractivity contribution is 8.00. The van der Waals surface area contributed by atoms with Gasteiger partial charge in [0.25, 0.3) is 0 Å². The Morgan fingerprint density at radius 3 is 2.96 bits per heavy atom. The molecule has 0 aliphatic rings. The molecule has 6 nitrogen and oxygen atoms in total. The maximum Gasteiger partial charge on any atom is 0.242 e. The third-order valence-electron chi connectivity index (χ3n) is 4.05. The smallest absolute Gasteiger partial charge is 0.242 e. The molecule has 27 heavy (non-hydrogen) atoms. The van der Waals surface area contributed by atoms with Crippen LogP contribution in [0.1, 0.15) is 18.9 Å². The highest BCUT2D eigenvalue weighted by atomic mass is 32.2. The molecule has 1 atom stereocenters. The number of aromatic nitrogens is 2. The molecule has 1 unspecified atom stereocenters. The normalized spacial score (nSPS) is 12.0. The number of amides is 2. The minimum absolute atomic E-state index is 0.158. The zero-order valence-electron chi connectivity index (χ0n) is 15.0. The summed E-state index contributed by atoms with van der Waals surface area (Å²) >= 11 is 3.30. The Balaban J connectivity index is 1.53. The van der Waals surface area contributed by atoms with E-state index < -0.39 is 6.04 Å². The van der Waals surface area contributed by atoms with Gasteiger partial charge in [-0.15, -0.1) is 11.3 Å². The predicted molar refractivity (Wildman–Crippen MR) is 110 cm³/mol. The first-order chi connectivity index (χ1) is 13.1. The molecule has 142 valence electrons. The van der Waals surface area contributed by atoms with Crippen LogP contribution in [0.2, 0.25) is 0 Å². The largest absolute Gasteiger partial charge is 0.361 e. The maximum atomic E-state index is 12.6. The molecule has 2 aromatic heterocycles. The van der Waals surface area contributed by atoms with E-state index in [1.807, 2.05) is 35.8 Å². The van der Waals surface area contributed by atoms with Crippen LogP contribution in [-0.4, -0.2) is 40.1 Å². The first kappa shape index (κ1) is 19.4. The summed E-state index contributed by atoms with van der Waals surface area (Å²) in [6.45, 7) is 2.00. The highest BCUT2D eigenvalue weighted by Gasteiger charge is 2.21. The first-order valence-electron chi connectivity index (χ1n) is 8.75. The van der Waals surface area contributed by atoms with Crippen LogP contribution >= 0.6 is 23.1 Å². The monoisotopic (exact) mass is 402 g/mol. The van der Waals surface area contributed by atoms with E-state index in [0.29, 0.717) is 13.0 Å². The van der Waals surface area contributed by atoms with Gasteiger partial charge in [0.2, 0.25) is 11.8 Å². The van der Waals surface area contributed by atoms with Crippen molar-refractivity contribution in [3.63, 3.8) is 0 Å². The number of carbonyl (C=O) groups is 2. The van der Waals surface area contributed by atoms with Gasteiger partial charge in [0.1, 0.15) is 10.4 Å². The van der Waals surface area contributed by atoms with Crippen molar-refractivity contribution in [2.45, 2.75) is 30.1 Å². The van der Waals surface area contributed by atoms with Crippen molar-refractivity contribution >= 4 is 45.8 Å². The van der Waals surface area contributed by atoms with Crippen molar-refractivity contribution in [2.24, 2.45) is 0 Å². The van der Waals surface area contributed by atoms with E-state index in [2.05, 4.69) is 20.6 Å². The van der Waals surface area contributed by atoms with Crippen molar-refractivity contribution in [1.29, 1.82) is 0 Å². The Morgan fingerprint density at radius 2 is 2.19 bits per heavy atom. The molecule has 1 aromatic carbocycles. The number of nitrogens with one attached hydrogen (secondary N) is 3. The number of benzene rings is 1. The third-order valence-corrected chi connectivity index (χ3v) is 6.10. The Labute approximate surface area is 166 Å². The molecule has 0 saturated heterocycles. The van der Waals surface area contributed by atoms with Crippen molar-refractivity contribution in [2.75, 3.05) is 12.3 Å². The maximum absolute atomic E-state index is 12.6. The molecule has 0 saturated carbocycles. The van der Waals surface area contributed by atoms with Crippen LogP contribution in [-0.2, 0) is 16.0 Å². The number of thioether (sulfide) groups is 1. The van der Waals surface area contributed by atoms with Gasteiger partial charge in [0, 0.05) is 54.3 Å². The standard InChI is InChI=1S/C19H22N4O2S2/c1-13(24)23-17(11-14-12-22-16-6-3-2-5-15(14)16)18(25)20-7-4-9-26-19-21-8-10-27-19/h2-3,5-6,8,10,12,17,22H,4,7,9,11H2,1H3,(H,20,25)(H,23,24). The molecule has 0 spiro atoms. The molecule has 0 aliphatic heterocycles. The third kappa shape index (κ3) is 5.58. The Hall–Kier alpha value is -2.32. The van der Waals surface area contributed by atoms with Gasteiger partial charge in [0.15, 0.2) is 0 Å². The van der Waals surface area contributed by atoms with E-state index in [1.165, 1.54) is 6.92 Å². The summed E-state index contributed by atoms with van der Waals surface area (Å²) in [6, 6.07) is 7.34. The fourth-order valence-electron chi connectivity index (χ4n) is 2.82. The lowest BCUT2D eigenvalue weighted by Gasteiger charge is -2.17. The summed E-state index contributed by atoms with van der Waals surface area (Å²) in [5.41, 5.74) is 2.03. The van der Waals surface area contributed by atoms with Crippen LogP contribution in [0.3, 0.4) is 0 Å². The fourth-order valence-corrected chi connectivity index (χ4v) is 4.47. The Morgan fingerprint density at radius 1 is 1.33 bits per heavy atom. The number of H-pyrrole nitrogens is 1. The summed E-state index contributed by atoms with van der Waals surface area (Å²) < 4.78 is 1.04. The Bertz CT molecular complexity index is 892. The second kappa shape index (κ2) is 9.57. The van der Waals surface area contributed by atoms with Gasteiger partial charge in [-0.05, 0) is 18.1 Å². The molecular formula is C19H22N4O2S2. The van der Waals surface area contributed by atoms with Gasteiger partial charge in [-0.3, -0.25) is 9.59 Å². The number of thiazole rings is 1. The van der Waals surface area contributed by atoms with Gasteiger partial charge in [0.05, 0.1) is 0 Å². The fraction of sp³-hybridized carbons (Fsp3) is 0.316. The molecule has 0 fully saturated rings. The summed E-state index contributed by atoms with van der Waals surface area (Å²) in [5.74, 6) is 0.519. The second-order valence-corrected chi connectivity index (χ2v) is 8.34. The molecule has 0 radical (unpaired) electrons. The topological polar surface area (TPSA) is 86.9 Å². The minimum Gasteiger partial charge on any atom is -0.361 e. The van der Waals surface area contributed by atoms with Crippen LogP contribution in [0.15, 0.2) is 46.4 Å². The van der Waals surface area contributed by atoms with E-state index >= 15 is 0 Å². The average molecular weight is 403 g/mol. The number of hydrogen-bond acceptors (Lipinski definition) is 5. The van der Waals surface area contributed by atoms with Gasteiger partial charge in [-0.2, -0.15) is 0 Å². The SMILES string of the molecule is CC(=O)NC(Cc1c[nH]c2ccccc12)C(=O)NCCCSc1nccs1. The average Bonchev–Trinajstić information content (AvgIpc) is 3.30. The zero-order chi connectivity index (χ0) is 19.1. The molecule has 2 heterocycles. The van der Waals surface area contributed by atoms with Crippen LogP contribution < -0.4 is 10.6 Å². The summed E-state index contributed by atoms with van der Waals surface area (Å²) in [7, 11) is 0. The van der Waals surface area contributed by atoms with Gasteiger partial charge in [-0.25, -0.2) is 4.98 Å². The lowest BCUT2D eigenvalue weighted by molar-refractivity contribution is -0.128. The zero-order valence-corrected chi connectivity index (χ0v) is 16.7. The number of para-hydroxylation sites is 1. The summed E-state index contributed by atoms with van der Waals surface area (Å²) in [4.78, 5) is 31.6. The molecular weight excluding hydrogens is 380 g/mol. The number of aromatic amines is 1. The van der Waals surface area contributed by atoms with E-state index in [0.717, 1.165) is 33.0 Å². The van der Waals surface area contributed by atoms with Crippen LogP contribution in [0.25, 0.3) is 10.9 Å². The lowest BCUT2D eigenvalue weighted by Crippen LogP contribution is -2.47. The summed E-state index contributed by atoms with van der Waals surface area (Å²) in [6.07, 6.45) is 4.98. The quantitative estimate of drug-likeness (QED) is 0.379. The number of carbonyl (C=O) groups excluding carboxylic acids is 2. The van der Waals surface area contributed by atoms with E-state index in [4.69, 9.17) is 0 Å². The second-order valence-electron chi connectivity index (χ2n) is 6.11. The molecule has 2 amide bonds. The Kier molecular flexibility index (Phi) is 6.89. The van der Waals surface area contributed by atoms with Gasteiger partial charge < -0.3 is 15.6 Å². The summed E-state index contributed by atoms with van der Waals surface area (Å²) in [5, 5.41) is 8.72. The van der Waals surface area contributed by atoms with E-state index in [-0.39, 0.29) is 11.8 Å². The molecule has 0 aliphatic carbocycles. The van der Waals surface area contributed by atoms with E-state index in [9.17, 15) is 9.59 Å². The van der Waals surface area contributed by atoms with Crippen molar-refractivity contribution in [3.05, 3.63) is 47.6 Å². The van der Waals surface area contributed by atoms with Crippen molar-refractivity contribution in [1.82, 2.24) is 20.6 Å². The minimum atomic E-state index is -0.590. The van der Waals surface area contributed by atoms with Crippen LogP contribution in [0, 0.1) is 0 Å². The lowest BCUT2D eigenvalue weighted by atomic mass is 10.0. The molecule has 3 rings (SSSR count). The predicted octanol–water partition coefficient (Wildman–Crippen LogP) is 2.97. The van der Waals surface area contributed by atoms with Crippen LogP contribution in [0.4, 0.5) is 0 Å². The van der Waals surface area contributed by atoms with E-state index in [1.54, 1.807) is 29.3 Å². The van der Waals surface area contributed by atoms with Crippen molar-refractivity contribution < 1.29 is 9.59 Å². The molecule has 0 bridgehead atoms. The number of hydrogen-bond donors (Lipinski definition) is 3. The van der Waals surface area contributed by atoms with Gasteiger partial charge >= 0.3 is 0 Å².